The van der Waals surface area contributed by atoms with Crippen molar-refractivity contribution in [3.8, 4) is 0 Å². The average molecular weight is 339 g/mol. The highest BCUT2D eigenvalue weighted by Crippen LogP contribution is 2.22. The van der Waals surface area contributed by atoms with Crippen LogP contribution in [0.25, 0.3) is 0 Å². The number of carbonyl (C=O) groups excluding carboxylic acids is 2. The lowest BCUT2D eigenvalue weighted by Gasteiger charge is -2.32. The fourth-order valence-electron chi connectivity index (χ4n) is 2.62. The Hall–Kier alpha value is -2.18. The van der Waals surface area contributed by atoms with Crippen LogP contribution in [0.2, 0.25) is 0 Å². The highest BCUT2D eigenvalue weighted by atomic mass is 19.1. The molecule has 132 valence electrons. The summed E-state index contributed by atoms with van der Waals surface area (Å²) in [6, 6.07) is 3.20. The summed E-state index contributed by atoms with van der Waals surface area (Å²) >= 11 is 0. The molecule has 7 heteroatoms. The molecule has 5 nitrogen and oxygen atoms in total. The van der Waals surface area contributed by atoms with Gasteiger partial charge in [-0.25, -0.2) is 13.6 Å². The molecule has 0 aromatic heterocycles. The number of likely N-dealkylation sites (tertiary alicyclic amines) is 1. The summed E-state index contributed by atoms with van der Waals surface area (Å²) in [7, 11) is 0. The number of anilines is 1. The molecular formula is C17H23F2N3O2. The van der Waals surface area contributed by atoms with Gasteiger partial charge in [0.2, 0.25) is 5.91 Å². The second-order valence-corrected chi connectivity index (χ2v) is 6.45. The molecule has 1 aromatic carbocycles. The highest BCUT2D eigenvalue weighted by Gasteiger charge is 2.29. The number of urea groups is 1. The summed E-state index contributed by atoms with van der Waals surface area (Å²) in [6.45, 7) is 5.37. The van der Waals surface area contributed by atoms with E-state index in [2.05, 4.69) is 10.6 Å². The molecule has 1 saturated heterocycles. The smallest absolute Gasteiger partial charge is 0.317 e. The molecule has 1 atom stereocenters. The number of hydrogen-bond donors (Lipinski definition) is 2. The Morgan fingerprint density at radius 1 is 1.29 bits per heavy atom. The number of halogens is 2. The molecule has 1 aromatic rings. The number of piperidine rings is 1. The zero-order chi connectivity index (χ0) is 17.7. The van der Waals surface area contributed by atoms with Crippen LogP contribution in [-0.4, -0.2) is 36.5 Å². The first-order valence-corrected chi connectivity index (χ1v) is 8.16. The Balaban J connectivity index is 1.96. The standard InChI is InChI=1S/C17H23F2N3O2/c1-11(2)9-20-17(24)22-8-4-5-12(10-22)16(23)21-15-13(18)6-3-7-14(15)19/h3,6-7,11-12H,4-5,8-10H2,1-2H3,(H,20,24)(H,21,23)/t12-/m1/s1. The van der Waals surface area contributed by atoms with Gasteiger partial charge in [-0.15, -0.1) is 0 Å². The van der Waals surface area contributed by atoms with Crippen LogP contribution in [0.15, 0.2) is 18.2 Å². The fourth-order valence-corrected chi connectivity index (χ4v) is 2.62. The number of nitrogens with zero attached hydrogens (tertiary/aromatic N) is 1. The monoisotopic (exact) mass is 339 g/mol. The van der Waals surface area contributed by atoms with Gasteiger partial charge in [-0.05, 0) is 30.9 Å². The van der Waals surface area contributed by atoms with E-state index in [1.54, 1.807) is 4.90 Å². The molecule has 1 aliphatic heterocycles. The third kappa shape index (κ3) is 4.66. The summed E-state index contributed by atoms with van der Waals surface area (Å²) in [4.78, 5) is 26.0. The third-order valence-electron chi connectivity index (χ3n) is 3.95. The molecule has 0 unspecified atom stereocenters. The van der Waals surface area contributed by atoms with Crippen LogP contribution < -0.4 is 10.6 Å². The molecule has 0 aliphatic carbocycles. The van der Waals surface area contributed by atoms with Crippen molar-refractivity contribution in [2.75, 3.05) is 25.0 Å². The minimum Gasteiger partial charge on any atom is -0.338 e. The number of carbonyl (C=O) groups is 2. The molecule has 0 spiro atoms. The Kier molecular flexibility index (Phi) is 6.11. The minimum absolute atomic E-state index is 0.210. The zero-order valence-electron chi connectivity index (χ0n) is 13.9. The fraction of sp³-hybridized carbons (Fsp3) is 0.529. The Morgan fingerprint density at radius 2 is 1.96 bits per heavy atom. The lowest BCUT2D eigenvalue weighted by molar-refractivity contribution is -0.121. The molecule has 0 saturated carbocycles. The van der Waals surface area contributed by atoms with E-state index in [1.807, 2.05) is 13.8 Å². The molecule has 0 radical (unpaired) electrons. The maximum Gasteiger partial charge on any atom is 0.317 e. The van der Waals surface area contributed by atoms with Gasteiger partial charge in [0, 0.05) is 19.6 Å². The average Bonchev–Trinajstić information content (AvgIpc) is 2.56. The number of para-hydroxylation sites is 1. The van der Waals surface area contributed by atoms with E-state index in [-0.39, 0.29) is 12.6 Å². The van der Waals surface area contributed by atoms with Crippen LogP contribution in [0.5, 0.6) is 0 Å². The van der Waals surface area contributed by atoms with Crippen molar-refractivity contribution < 1.29 is 18.4 Å². The van der Waals surface area contributed by atoms with Crippen LogP contribution in [0.1, 0.15) is 26.7 Å². The molecule has 1 heterocycles. The molecule has 1 fully saturated rings. The van der Waals surface area contributed by atoms with Crippen LogP contribution >= 0.6 is 0 Å². The number of amides is 3. The lowest BCUT2D eigenvalue weighted by atomic mass is 9.97. The maximum absolute atomic E-state index is 13.6. The number of hydrogen-bond acceptors (Lipinski definition) is 2. The lowest BCUT2D eigenvalue weighted by Crippen LogP contribution is -2.48. The van der Waals surface area contributed by atoms with E-state index in [9.17, 15) is 18.4 Å². The van der Waals surface area contributed by atoms with Crippen LogP contribution in [0.4, 0.5) is 19.3 Å². The quantitative estimate of drug-likeness (QED) is 0.886. The second-order valence-electron chi connectivity index (χ2n) is 6.45. The molecule has 2 rings (SSSR count). The number of benzene rings is 1. The van der Waals surface area contributed by atoms with Gasteiger partial charge in [0.15, 0.2) is 0 Å². The van der Waals surface area contributed by atoms with E-state index < -0.39 is 29.1 Å². The number of rotatable bonds is 4. The molecule has 3 amide bonds. The Bertz CT molecular complexity index is 587. The summed E-state index contributed by atoms with van der Waals surface area (Å²) in [5.74, 6) is -2.25. The van der Waals surface area contributed by atoms with Crippen molar-refractivity contribution in [2.45, 2.75) is 26.7 Å². The highest BCUT2D eigenvalue weighted by molar-refractivity contribution is 5.93. The summed E-state index contributed by atoms with van der Waals surface area (Å²) < 4.78 is 27.3. The van der Waals surface area contributed by atoms with Crippen LogP contribution in [0.3, 0.4) is 0 Å². The predicted octanol–water partition coefficient (Wildman–Crippen LogP) is 2.98. The van der Waals surface area contributed by atoms with E-state index in [4.69, 9.17) is 0 Å². The number of nitrogens with one attached hydrogen (secondary N) is 2. The van der Waals surface area contributed by atoms with E-state index in [1.165, 1.54) is 6.07 Å². The first kappa shape index (κ1) is 18.2. The van der Waals surface area contributed by atoms with E-state index in [0.717, 1.165) is 12.1 Å². The maximum atomic E-state index is 13.6. The molecule has 24 heavy (non-hydrogen) atoms. The molecular weight excluding hydrogens is 316 g/mol. The van der Waals surface area contributed by atoms with Gasteiger partial charge in [0.05, 0.1) is 5.92 Å². The summed E-state index contributed by atoms with van der Waals surface area (Å²) in [6.07, 6.45) is 1.25. The van der Waals surface area contributed by atoms with Crippen LogP contribution in [0, 0.1) is 23.5 Å². The first-order chi connectivity index (χ1) is 11.4. The van der Waals surface area contributed by atoms with Crippen molar-refractivity contribution >= 4 is 17.6 Å². The van der Waals surface area contributed by atoms with Gasteiger partial charge >= 0.3 is 6.03 Å². The van der Waals surface area contributed by atoms with Gasteiger partial charge in [-0.3, -0.25) is 4.79 Å². The van der Waals surface area contributed by atoms with Gasteiger partial charge in [0.25, 0.3) is 0 Å². The summed E-state index contributed by atoms with van der Waals surface area (Å²) in [5.41, 5.74) is -0.441. The van der Waals surface area contributed by atoms with Gasteiger partial charge in [0.1, 0.15) is 17.3 Å². The first-order valence-electron chi connectivity index (χ1n) is 8.16. The van der Waals surface area contributed by atoms with Crippen molar-refractivity contribution in [3.63, 3.8) is 0 Å². The van der Waals surface area contributed by atoms with Gasteiger partial charge < -0.3 is 15.5 Å². The van der Waals surface area contributed by atoms with Gasteiger partial charge in [-0.1, -0.05) is 19.9 Å². The largest absolute Gasteiger partial charge is 0.338 e. The molecule has 2 N–H and O–H groups in total. The van der Waals surface area contributed by atoms with E-state index in [0.29, 0.717) is 31.8 Å². The van der Waals surface area contributed by atoms with Crippen molar-refractivity contribution in [2.24, 2.45) is 11.8 Å². The Morgan fingerprint density at radius 3 is 2.58 bits per heavy atom. The van der Waals surface area contributed by atoms with Crippen LogP contribution in [-0.2, 0) is 4.79 Å². The second kappa shape index (κ2) is 8.08. The predicted molar refractivity (Wildman–Crippen MR) is 87.5 cm³/mol. The normalized spacial score (nSPS) is 17.7. The SMILES string of the molecule is CC(C)CNC(=O)N1CCC[C@@H](C(=O)Nc2c(F)cccc2F)C1. The summed E-state index contributed by atoms with van der Waals surface area (Å²) in [5, 5.41) is 5.13. The molecule has 0 bridgehead atoms. The minimum atomic E-state index is -0.814. The van der Waals surface area contributed by atoms with Crippen molar-refractivity contribution in [1.82, 2.24) is 10.2 Å². The van der Waals surface area contributed by atoms with Gasteiger partial charge in [-0.2, -0.15) is 0 Å². The van der Waals surface area contributed by atoms with Crippen molar-refractivity contribution in [1.29, 1.82) is 0 Å². The molecule has 1 aliphatic rings. The third-order valence-corrected chi connectivity index (χ3v) is 3.95. The topological polar surface area (TPSA) is 61.4 Å². The Labute approximate surface area is 140 Å². The van der Waals surface area contributed by atoms with E-state index >= 15 is 0 Å². The zero-order valence-corrected chi connectivity index (χ0v) is 13.9. The van der Waals surface area contributed by atoms with Crippen molar-refractivity contribution in [3.05, 3.63) is 29.8 Å².